The van der Waals surface area contributed by atoms with E-state index in [0.29, 0.717) is 0 Å². The largest absolute Gasteiger partial charge is 0.497 e. The first-order chi connectivity index (χ1) is 9.85. The van der Waals surface area contributed by atoms with Crippen LogP contribution in [0.25, 0.3) is 22.9 Å². The molecule has 2 nitrogen and oxygen atoms in total. The summed E-state index contributed by atoms with van der Waals surface area (Å²) in [5.41, 5.74) is 2.12. The van der Waals surface area contributed by atoms with Gasteiger partial charge in [0.25, 0.3) is 0 Å². The highest BCUT2D eigenvalue weighted by Gasteiger charge is 1.97. The van der Waals surface area contributed by atoms with Gasteiger partial charge >= 0.3 is 0 Å². The summed E-state index contributed by atoms with van der Waals surface area (Å²) in [5, 5.41) is 2.38. The normalized spacial score (nSPS) is 11.1. The summed E-state index contributed by atoms with van der Waals surface area (Å²) in [6.07, 6.45) is 5.89. The van der Waals surface area contributed by atoms with Crippen molar-refractivity contribution in [1.82, 2.24) is 4.98 Å². The van der Waals surface area contributed by atoms with Crippen molar-refractivity contribution < 1.29 is 4.74 Å². The van der Waals surface area contributed by atoms with Crippen molar-refractivity contribution in [3.8, 4) is 5.75 Å². The maximum Gasteiger partial charge on any atom is 0.119 e. The molecule has 2 aromatic carbocycles. The molecule has 0 N–H and O–H groups in total. The zero-order valence-corrected chi connectivity index (χ0v) is 11.3. The van der Waals surface area contributed by atoms with E-state index in [0.717, 1.165) is 17.0 Å². The quantitative estimate of drug-likeness (QED) is 0.696. The molecule has 98 valence electrons. The Morgan fingerprint density at radius 1 is 0.900 bits per heavy atom. The van der Waals surface area contributed by atoms with E-state index in [4.69, 9.17) is 4.74 Å². The van der Waals surface area contributed by atoms with Crippen molar-refractivity contribution >= 4 is 22.9 Å². The van der Waals surface area contributed by atoms with Crippen LogP contribution in [0.2, 0.25) is 0 Å². The van der Waals surface area contributed by atoms with E-state index in [1.54, 1.807) is 13.3 Å². The minimum atomic E-state index is 0.884. The van der Waals surface area contributed by atoms with E-state index in [1.165, 1.54) is 10.8 Å². The van der Waals surface area contributed by atoms with E-state index in [1.807, 2.05) is 36.4 Å². The molecule has 0 unspecified atom stereocenters. The van der Waals surface area contributed by atoms with Crippen LogP contribution in [0.5, 0.6) is 5.75 Å². The second-order valence-corrected chi connectivity index (χ2v) is 4.56. The van der Waals surface area contributed by atoms with Crippen LogP contribution in [-0.2, 0) is 0 Å². The highest BCUT2D eigenvalue weighted by molar-refractivity contribution is 5.87. The van der Waals surface area contributed by atoms with Crippen LogP contribution in [-0.4, -0.2) is 12.1 Å². The highest BCUT2D eigenvalue weighted by Crippen LogP contribution is 2.22. The Morgan fingerprint density at radius 3 is 2.55 bits per heavy atom. The zero-order valence-electron chi connectivity index (χ0n) is 11.3. The molecule has 0 aliphatic carbocycles. The van der Waals surface area contributed by atoms with Crippen LogP contribution in [0.15, 0.2) is 60.8 Å². The highest BCUT2D eigenvalue weighted by atomic mass is 16.5. The molecule has 1 heterocycles. The predicted octanol–water partition coefficient (Wildman–Crippen LogP) is 4.41. The molecular formula is C18H15NO. The van der Waals surface area contributed by atoms with Gasteiger partial charge in [0.2, 0.25) is 0 Å². The fourth-order valence-electron chi connectivity index (χ4n) is 2.13. The molecule has 0 fully saturated rings. The number of benzene rings is 2. The third-order valence-corrected chi connectivity index (χ3v) is 3.21. The van der Waals surface area contributed by atoms with Gasteiger partial charge in [-0.1, -0.05) is 30.3 Å². The standard InChI is InChI=1S/C18H15NO/c1-20-18-10-8-15-12-14(5-7-16(15)13-18)6-9-17-4-2-3-11-19-17/h2-13H,1H3/b9-6+. The van der Waals surface area contributed by atoms with Gasteiger partial charge in [-0.15, -0.1) is 0 Å². The number of hydrogen-bond acceptors (Lipinski definition) is 2. The average Bonchev–Trinajstić information content (AvgIpc) is 2.53. The molecule has 0 aliphatic heterocycles. The van der Waals surface area contributed by atoms with Crippen LogP contribution in [0, 0.1) is 0 Å². The Bertz CT molecular complexity index is 748. The first-order valence-corrected chi connectivity index (χ1v) is 6.52. The van der Waals surface area contributed by atoms with Crippen molar-refractivity contribution in [2.75, 3.05) is 7.11 Å². The summed E-state index contributed by atoms with van der Waals surface area (Å²) in [5.74, 6) is 0.884. The van der Waals surface area contributed by atoms with Gasteiger partial charge in [-0.25, -0.2) is 0 Å². The van der Waals surface area contributed by atoms with Gasteiger partial charge in [0.1, 0.15) is 5.75 Å². The lowest BCUT2D eigenvalue weighted by Gasteiger charge is -2.03. The Balaban J connectivity index is 1.91. The van der Waals surface area contributed by atoms with E-state index < -0.39 is 0 Å². The Hall–Kier alpha value is -2.61. The van der Waals surface area contributed by atoms with Gasteiger partial charge in [0.05, 0.1) is 12.8 Å². The third-order valence-electron chi connectivity index (χ3n) is 3.21. The number of hydrogen-bond donors (Lipinski definition) is 0. The van der Waals surface area contributed by atoms with Gasteiger partial charge in [-0.3, -0.25) is 4.98 Å². The number of nitrogens with zero attached hydrogens (tertiary/aromatic N) is 1. The molecule has 0 spiro atoms. The molecule has 0 amide bonds. The number of fused-ring (bicyclic) bond motifs is 1. The maximum atomic E-state index is 5.24. The molecule has 0 saturated carbocycles. The summed E-state index contributed by atoms with van der Waals surface area (Å²) in [4.78, 5) is 4.28. The molecule has 0 aliphatic rings. The Kier molecular flexibility index (Phi) is 3.46. The molecule has 0 saturated heterocycles. The minimum Gasteiger partial charge on any atom is -0.497 e. The van der Waals surface area contributed by atoms with Gasteiger partial charge < -0.3 is 4.74 Å². The molecule has 20 heavy (non-hydrogen) atoms. The zero-order chi connectivity index (χ0) is 13.8. The van der Waals surface area contributed by atoms with Crippen LogP contribution in [0.1, 0.15) is 11.3 Å². The molecule has 1 aromatic heterocycles. The Morgan fingerprint density at radius 2 is 1.75 bits per heavy atom. The topological polar surface area (TPSA) is 22.1 Å². The first-order valence-electron chi connectivity index (χ1n) is 6.52. The minimum absolute atomic E-state index is 0.884. The number of pyridine rings is 1. The van der Waals surface area contributed by atoms with Crippen LogP contribution < -0.4 is 4.74 Å². The first kappa shape index (κ1) is 12.4. The van der Waals surface area contributed by atoms with Crippen molar-refractivity contribution in [3.05, 3.63) is 72.1 Å². The molecule has 3 aromatic rings. The second kappa shape index (κ2) is 5.57. The molecule has 0 atom stereocenters. The Labute approximate surface area is 118 Å². The monoisotopic (exact) mass is 261 g/mol. The lowest BCUT2D eigenvalue weighted by atomic mass is 10.1. The van der Waals surface area contributed by atoms with E-state index >= 15 is 0 Å². The summed E-state index contributed by atoms with van der Waals surface area (Å²) in [6.45, 7) is 0. The summed E-state index contributed by atoms with van der Waals surface area (Å²) >= 11 is 0. The van der Waals surface area contributed by atoms with Crippen LogP contribution >= 0.6 is 0 Å². The summed E-state index contributed by atoms with van der Waals surface area (Å²) in [7, 11) is 1.69. The summed E-state index contributed by atoms with van der Waals surface area (Å²) < 4.78 is 5.24. The van der Waals surface area contributed by atoms with E-state index in [2.05, 4.69) is 35.3 Å². The smallest absolute Gasteiger partial charge is 0.119 e. The van der Waals surface area contributed by atoms with Crippen molar-refractivity contribution in [3.63, 3.8) is 0 Å². The molecule has 2 heteroatoms. The maximum absolute atomic E-state index is 5.24. The molecule has 0 bridgehead atoms. The van der Waals surface area contributed by atoms with Crippen molar-refractivity contribution in [2.24, 2.45) is 0 Å². The number of methoxy groups -OCH3 is 1. The molecule has 3 rings (SSSR count). The third kappa shape index (κ3) is 2.69. The van der Waals surface area contributed by atoms with Gasteiger partial charge in [-0.05, 0) is 52.7 Å². The van der Waals surface area contributed by atoms with E-state index in [-0.39, 0.29) is 0 Å². The fraction of sp³-hybridized carbons (Fsp3) is 0.0556. The average molecular weight is 261 g/mol. The fourth-order valence-corrected chi connectivity index (χ4v) is 2.13. The van der Waals surface area contributed by atoms with Crippen molar-refractivity contribution in [1.29, 1.82) is 0 Å². The second-order valence-electron chi connectivity index (χ2n) is 4.56. The molecular weight excluding hydrogens is 246 g/mol. The SMILES string of the molecule is COc1ccc2cc(/C=C/c3ccccn3)ccc2c1. The number of ether oxygens (including phenoxy) is 1. The van der Waals surface area contributed by atoms with Gasteiger partial charge in [0.15, 0.2) is 0 Å². The van der Waals surface area contributed by atoms with Crippen molar-refractivity contribution in [2.45, 2.75) is 0 Å². The molecule has 0 radical (unpaired) electrons. The van der Waals surface area contributed by atoms with E-state index in [9.17, 15) is 0 Å². The van der Waals surface area contributed by atoms with Gasteiger partial charge in [0, 0.05) is 6.20 Å². The summed E-state index contributed by atoms with van der Waals surface area (Å²) in [6, 6.07) is 18.4. The number of rotatable bonds is 3. The van der Waals surface area contributed by atoms with Crippen LogP contribution in [0.3, 0.4) is 0 Å². The number of aromatic nitrogens is 1. The lowest BCUT2D eigenvalue weighted by Crippen LogP contribution is -1.83. The predicted molar refractivity (Wildman–Crippen MR) is 83.7 cm³/mol. The lowest BCUT2D eigenvalue weighted by molar-refractivity contribution is 0.415. The van der Waals surface area contributed by atoms with Crippen LogP contribution in [0.4, 0.5) is 0 Å². The van der Waals surface area contributed by atoms with Gasteiger partial charge in [-0.2, -0.15) is 0 Å².